The molecule has 0 aromatic carbocycles. The normalized spacial score (nSPS) is 16.5. The van der Waals surface area contributed by atoms with Gasteiger partial charge >= 0.3 is 0 Å². The molecule has 10 heteroatoms. The van der Waals surface area contributed by atoms with Gasteiger partial charge in [-0.3, -0.25) is 4.99 Å². The molecule has 0 amide bonds. The van der Waals surface area contributed by atoms with E-state index in [-0.39, 0.29) is 42.4 Å². The molecule has 0 spiro atoms. The molecule has 0 radical (unpaired) electrons. The average Bonchev–Trinajstić information content (AvgIpc) is 2.64. The number of likely N-dealkylation sites (N-methyl/N-ethyl adjacent to an activating group) is 1. The van der Waals surface area contributed by atoms with Gasteiger partial charge in [0.2, 0.25) is 10.0 Å². The fourth-order valence-electron chi connectivity index (χ4n) is 2.96. The van der Waals surface area contributed by atoms with Crippen LogP contribution in [0.1, 0.15) is 34.6 Å². The van der Waals surface area contributed by atoms with Crippen LogP contribution in [0.3, 0.4) is 0 Å². The molecule has 1 fully saturated rings. The number of nitrogens with one attached hydrogen (secondary N) is 1. The van der Waals surface area contributed by atoms with E-state index in [4.69, 9.17) is 9.73 Å². The lowest BCUT2D eigenvalue weighted by Gasteiger charge is -2.36. The van der Waals surface area contributed by atoms with Crippen molar-refractivity contribution < 1.29 is 13.2 Å². The summed E-state index contributed by atoms with van der Waals surface area (Å²) in [5.74, 6) is 0.924. The van der Waals surface area contributed by atoms with Crippen LogP contribution in [0.4, 0.5) is 0 Å². The van der Waals surface area contributed by atoms with E-state index in [0.717, 1.165) is 38.7 Å². The molecule has 8 nitrogen and oxygen atoms in total. The second kappa shape index (κ2) is 14.8. The number of halogens is 1. The zero-order valence-electron chi connectivity index (χ0n) is 18.2. The maximum atomic E-state index is 12.5. The van der Waals surface area contributed by atoms with Crippen LogP contribution < -0.4 is 5.32 Å². The third-order valence-electron chi connectivity index (χ3n) is 4.63. The van der Waals surface area contributed by atoms with Crippen LogP contribution in [-0.4, -0.2) is 106 Å². The Balaban J connectivity index is 0.00000729. The molecule has 1 rings (SSSR count). The van der Waals surface area contributed by atoms with Gasteiger partial charge in [0.1, 0.15) is 0 Å². The Morgan fingerprint density at radius 3 is 2.25 bits per heavy atom. The lowest BCUT2D eigenvalue weighted by molar-refractivity contribution is 0.0904. The predicted octanol–water partition coefficient (Wildman–Crippen LogP) is 1.28. The molecule has 0 aromatic heterocycles. The Kier molecular flexibility index (Phi) is 14.7. The summed E-state index contributed by atoms with van der Waals surface area (Å²) in [6, 6.07) is 0. The van der Waals surface area contributed by atoms with Crippen molar-refractivity contribution >= 4 is 40.0 Å². The van der Waals surface area contributed by atoms with Gasteiger partial charge in [-0.1, -0.05) is 13.8 Å². The van der Waals surface area contributed by atoms with Crippen molar-refractivity contribution in [2.75, 3.05) is 71.3 Å². The van der Waals surface area contributed by atoms with E-state index in [0.29, 0.717) is 26.2 Å². The molecule has 0 bridgehead atoms. The quantitative estimate of drug-likeness (QED) is 0.245. The molecule has 1 aliphatic rings. The number of ether oxygens (including phenoxy) is 1. The lowest BCUT2D eigenvalue weighted by Crippen LogP contribution is -2.54. The maximum absolute atomic E-state index is 12.5. The summed E-state index contributed by atoms with van der Waals surface area (Å²) in [4.78, 5) is 9.23. The van der Waals surface area contributed by atoms with E-state index in [1.165, 1.54) is 0 Å². The second-order valence-corrected chi connectivity index (χ2v) is 8.97. The van der Waals surface area contributed by atoms with Gasteiger partial charge in [0.25, 0.3) is 0 Å². The molecule has 0 aliphatic carbocycles. The average molecular weight is 534 g/mol. The summed E-state index contributed by atoms with van der Waals surface area (Å²) in [5, 5.41) is 3.33. The Morgan fingerprint density at radius 2 is 1.75 bits per heavy atom. The highest BCUT2D eigenvalue weighted by Gasteiger charge is 2.28. The van der Waals surface area contributed by atoms with Gasteiger partial charge in [-0.05, 0) is 33.9 Å². The van der Waals surface area contributed by atoms with E-state index in [9.17, 15) is 8.42 Å². The summed E-state index contributed by atoms with van der Waals surface area (Å²) in [5.41, 5.74) is 0. The topological polar surface area (TPSA) is 77.5 Å². The highest BCUT2D eigenvalue weighted by Crippen LogP contribution is 2.09. The number of piperazine rings is 1. The number of aliphatic imine (C=N–C) groups is 1. The summed E-state index contributed by atoms with van der Waals surface area (Å²) >= 11 is 0. The highest BCUT2D eigenvalue weighted by atomic mass is 127. The van der Waals surface area contributed by atoms with Gasteiger partial charge in [0.15, 0.2) is 5.96 Å². The first-order valence-electron chi connectivity index (χ1n) is 10.2. The first-order chi connectivity index (χ1) is 12.8. The molecule has 0 saturated carbocycles. The van der Waals surface area contributed by atoms with Gasteiger partial charge in [0.05, 0.1) is 25.0 Å². The van der Waals surface area contributed by atoms with E-state index in [1.54, 1.807) is 4.31 Å². The van der Waals surface area contributed by atoms with E-state index < -0.39 is 10.0 Å². The molecule has 28 heavy (non-hydrogen) atoms. The summed E-state index contributed by atoms with van der Waals surface area (Å²) in [7, 11) is -3.26. The van der Waals surface area contributed by atoms with Gasteiger partial charge in [-0.2, -0.15) is 4.31 Å². The minimum atomic E-state index is -3.26. The zero-order valence-corrected chi connectivity index (χ0v) is 21.3. The zero-order chi connectivity index (χ0) is 20.3. The number of sulfonamides is 1. The minimum Gasteiger partial charge on any atom is -0.378 e. The maximum Gasteiger partial charge on any atom is 0.216 e. The van der Waals surface area contributed by atoms with Crippen molar-refractivity contribution in [3.05, 3.63) is 0 Å². The predicted molar refractivity (Wildman–Crippen MR) is 127 cm³/mol. The van der Waals surface area contributed by atoms with Crippen molar-refractivity contribution in [1.29, 1.82) is 0 Å². The van der Waals surface area contributed by atoms with E-state index in [2.05, 4.69) is 35.9 Å². The smallest absolute Gasteiger partial charge is 0.216 e. The third-order valence-corrected chi connectivity index (χ3v) is 6.47. The number of nitrogens with zero attached hydrogens (tertiary/aromatic N) is 4. The van der Waals surface area contributed by atoms with Crippen molar-refractivity contribution in [3.8, 4) is 0 Å². The lowest BCUT2D eigenvalue weighted by atomic mass is 10.4. The number of rotatable bonds is 11. The molecule has 0 unspecified atom stereocenters. The van der Waals surface area contributed by atoms with Crippen LogP contribution in [0.15, 0.2) is 4.99 Å². The van der Waals surface area contributed by atoms with E-state index >= 15 is 0 Å². The third kappa shape index (κ3) is 10.0. The Hall–Kier alpha value is -0.170. The van der Waals surface area contributed by atoms with Crippen LogP contribution in [-0.2, 0) is 14.8 Å². The number of hydrogen-bond acceptors (Lipinski definition) is 5. The monoisotopic (exact) mass is 533 g/mol. The van der Waals surface area contributed by atoms with Crippen molar-refractivity contribution in [2.45, 2.75) is 40.7 Å². The fourth-order valence-corrected chi connectivity index (χ4v) is 4.24. The van der Waals surface area contributed by atoms with Crippen LogP contribution in [0, 0.1) is 0 Å². The summed E-state index contributed by atoms with van der Waals surface area (Å²) < 4.78 is 31.9. The van der Waals surface area contributed by atoms with Gasteiger partial charge in [-0.15, -0.1) is 24.0 Å². The minimum absolute atomic E-state index is 0. The Bertz CT molecular complexity index is 533. The molecular formula is C18H40IN5O3S. The van der Waals surface area contributed by atoms with Crippen LogP contribution in [0.25, 0.3) is 0 Å². The standard InChI is InChI=1S/C18H39N5O3S.HI/c1-6-19-18(20-9-10-21(7-2)8-3)22-11-13-23(14-12-22)27(24,25)16-15-26-17(4)5;/h17H,6-16H2,1-5H3,(H,19,20);1H. The Labute approximate surface area is 189 Å². The van der Waals surface area contributed by atoms with Crippen LogP contribution >= 0.6 is 24.0 Å². The molecule has 0 aromatic rings. The molecule has 168 valence electrons. The molecule has 1 aliphatic heterocycles. The van der Waals surface area contributed by atoms with Crippen LogP contribution in [0.2, 0.25) is 0 Å². The Morgan fingerprint density at radius 1 is 1.14 bits per heavy atom. The van der Waals surface area contributed by atoms with Gasteiger partial charge in [0, 0.05) is 39.3 Å². The molecule has 1 heterocycles. The first-order valence-corrected chi connectivity index (χ1v) is 11.8. The summed E-state index contributed by atoms with van der Waals surface area (Å²) in [6.07, 6.45) is 0.0484. The molecule has 0 atom stereocenters. The van der Waals surface area contributed by atoms with Gasteiger partial charge < -0.3 is 19.9 Å². The van der Waals surface area contributed by atoms with Crippen LogP contribution in [0.5, 0.6) is 0 Å². The van der Waals surface area contributed by atoms with Gasteiger partial charge in [-0.25, -0.2) is 8.42 Å². The fraction of sp³-hybridized carbons (Fsp3) is 0.944. The number of guanidine groups is 1. The van der Waals surface area contributed by atoms with Crippen molar-refractivity contribution in [2.24, 2.45) is 4.99 Å². The van der Waals surface area contributed by atoms with Crippen molar-refractivity contribution in [1.82, 2.24) is 19.4 Å². The van der Waals surface area contributed by atoms with E-state index in [1.807, 2.05) is 13.8 Å². The SMILES string of the molecule is CCNC(=NCCN(CC)CC)N1CCN(S(=O)(=O)CCOC(C)C)CC1.I. The summed E-state index contributed by atoms with van der Waals surface area (Å²) in [6.45, 7) is 17.3. The van der Waals surface area contributed by atoms with Crippen molar-refractivity contribution in [3.63, 3.8) is 0 Å². The highest BCUT2D eigenvalue weighted by molar-refractivity contribution is 14.0. The molecule has 1 saturated heterocycles. The number of hydrogen-bond donors (Lipinski definition) is 1. The second-order valence-electron chi connectivity index (χ2n) is 6.88. The first kappa shape index (κ1) is 27.8. The largest absolute Gasteiger partial charge is 0.378 e. The molecular weight excluding hydrogens is 493 g/mol. The molecule has 1 N–H and O–H groups in total.